The van der Waals surface area contributed by atoms with Crippen LogP contribution >= 0.6 is 46.4 Å². The fourth-order valence-electron chi connectivity index (χ4n) is 3.89. The molecule has 0 aliphatic heterocycles. The molecule has 0 saturated heterocycles. The Morgan fingerprint density at radius 3 is 1.36 bits per heavy atom. The second kappa shape index (κ2) is 8.80. The average Bonchev–Trinajstić information content (AvgIpc) is 2.67. The Morgan fingerprint density at radius 1 is 0.679 bits per heavy atom. The van der Waals surface area contributed by atoms with Crippen molar-refractivity contribution in [2.45, 2.75) is 37.5 Å². The molecule has 8 heteroatoms. The van der Waals surface area contributed by atoms with E-state index in [9.17, 15) is 9.59 Å². The molecule has 144 valence electrons. The van der Waals surface area contributed by atoms with Crippen LogP contribution in [-0.4, -0.2) is 12.2 Å². The molecular formula is C20H14Cl4N2O2. The third-order valence-corrected chi connectivity index (χ3v) is 6.31. The highest BCUT2D eigenvalue weighted by atomic mass is 35.5. The van der Waals surface area contributed by atoms with Gasteiger partial charge in [0.1, 0.15) is 11.4 Å². The van der Waals surface area contributed by atoms with Gasteiger partial charge in [-0.3, -0.25) is 0 Å². The number of isocyanates is 2. The summed E-state index contributed by atoms with van der Waals surface area (Å²) in [7, 11) is 0. The first-order valence-corrected chi connectivity index (χ1v) is 10.1. The van der Waals surface area contributed by atoms with Crippen LogP contribution in [0.5, 0.6) is 0 Å². The zero-order chi connectivity index (χ0) is 20.3. The van der Waals surface area contributed by atoms with E-state index in [-0.39, 0.29) is 31.5 Å². The van der Waals surface area contributed by atoms with Gasteiger partial charge >= 0.3 is 0 Å². The standard InChI is InChI=1S/C20H14Cl4N2O2/c21-14-6-12(7-15(22)18(14)25-10-27)20(4-2-1-3-5-20)13-8-16(23)19(26-11-28)17(24)9-13/h6-9H,1-5H2. The van der Waals surface area contributed by atoms with Gasteiger partial charge in [-0.15, -0.1) is 0 Å². The van der Waals surface area contributed by atoms with E-state index >= 15 is 0 Å². The molecule has 1 aliphatic carbocycles. The highest BCUT2D eigenvalue weighted by Crippen LogP contribution is 2.50. The number of halogens is 4. The van der Waals surface area contributed by atoms with Gasteiger partial charge < -0.3 is 0 Å². The molecule has 2 aromatic carbocycles. The fourth-order valence-corrected chi connectivity index (χ4v) is 5.03. The second-order valence-electron chi connectivity index (χ2n) is 6.63. The third-order valence-electron chi connectivity index (χ3n) is 5.16. The predicted molar refractivity (Wildman–Crippen MR) is 112 cm³/mol. The van der Waals surface area contributed by atoms with Crippen LogP contribution in [0, 0.1) is 0 Å². The highest BCUT2D eigenvalue weighted by molar-refractivity contribution is 6.39. The molecule has 1 fully saturated rings. The molecule has 1 aliphatic rings. The summed E-state index contributed by atoms with van der Waals surface area (Å²) in [4.78, 5) is 28.4. The van der Waals surface area contributed by atoms with E-state index in [0.29, 0.717) is 0 Å². The summed E-state index contributed by atoms with van der Waals surface area (Å²) in [6, 6.07) is 7.09. The summed E-state index contributed by atoms with van der Waals surface area (Å²) in [5.74, 6) is 0. The monoisotopic (exact) mass is 454 g/mol. The number of nitrogens with zero attached hydrogens (tertiary/aromatic N) is 2. The molecule has 3 rings (SSSR count). The SMILES string of the molecule is O=C=Nc1c(Cl)cc(C2(c3cc(Cl)c(N=C=O)c(Cl)c3)CCCCC2)cc1Cl. The molecule has 0 unspecified atom stereocenters. The van der Waals surface area contributed by atoms with Gasteiger partial charge in [0, 0.05) is 5.41 Å². The van der Waals surface area contributed by atoms with Crippen molar-refractivity contribution in [1.82, 2.24) is 0 Å². The van der Waals surface area contributed by atoms with Crippen LogP contribution in [0.25, 0.3) is 0 Å². The lowest BCUT2D eigenvalue weighted by Gasteiger charge is -2.39. The lowest BCUT2D eigenvalue weighted by molar-refractivity contribution is 0.346. The molecule has 0 aromatic heterocycles. The predicted octanol–water partition coefficient (Wildman–Crippen LogP) is 7.49. The van der Waals surface area contributed by atoms with E-state index in [1.54, 1.807) is 24.3 Å². The van der Waals surface area contributed by atoms with E-state index in [0.717, 1.165) is 43.2 Å². The van der Waals surface area contributed by atoms with Crippen LogP contribution in [0.4, 0.5) is 11.4 Å². The Bertz CT molecular complexity index is 897. The molecule has 1 saturated carbocycles. The summed E-state index contributed by atoms with van der Waals surface area (Å²) < 4.78 is 0. The molecule has 2 aromatic rings. The van der Waals surface area contributed by atoms with Gasteiger partial charge in [-0.2, -0.15) is 9.98 Å². The summed E-state index contributed by atoms with van der Waals surface area (Å²) >= 11 is 25.4. The summed E-state index contributed by atoms with van der Waals surface area (Å²) in [5.41, 5.74) is 1.77. The molecular weight excluding hydrogens is 442 g/mol. The Labute approximate surface area is 182 Å². The van der Waals surface area contributed by atoms with Crippen LogP contribution in [0.3, 0.4) is 0 Å². The smallest absolute Gasteiger partial charge is 0.211 e. The Morgan fingerprint density at radius 2 is 1.04 bits per heavy atom. The maximum Gasteiger partial charge on any atom is 0.240 e. The maximum absolute atomic E-state index is 10.6. The number of hydrogen-bond acceptors (Lipinski definition) is 4. The number of aliphatic imine (C=N–C) groups is 2. The van der Waals surface area contributed by atoms with Crippen molar-refractivity contribution in [1.29, 1.82) is 0 Å². The summed E-state index contributed by atoms with van der Waals surface area (Å²) in [5, 5.41) is 1.09. The lowest BCUT2D eigenvalue weighted by Crippen LogP contribution is -2.30. The Balaban J connectivity index is 2.23. The van der Waals surface area contributed by atoms with Crippen LogP contribution in [0.1, 0.15) is 43.2 Å². The number of benzene rings is 2. The van der Waals surface area contributed by atoms with Gasteiger partial charge in [-0.25, -0.2) is 9.59 Å². The minimum Gasteiger partial charge on any atom is -0.211 e. The first kappa shape index (κ1) is 21.1. The normalized spacial score (nSPS) is 15.4. The first-order valence-electron chi connectivity index (χ1n) is 8.58. The lowest BCUT2D eigenvalue weighted by atomic mass is 9.65. The molecule has 28 heavy (non-hydrogen) atoms. The third kappa shape index (κ3) is 3.90. The van der Waals surface area contributed by atoms with Crippen LogP contribution in [0.15, 0.2) is 34.3 Å². The van der Waals surface area contributed by atoms with Gasteiger partial charge in [-0.1, -0.05) is 65.7 Å². The zero-order valence-electron chi connectivity index (χ0n) is 14.6. The molecule has 0 N–H and O–H groups in total. The van der Waals surface area contributed by atoms with E-state index in [4.69, 9.17) is 46.4 Å². The number of carbonyl (C=O) groups excluding carboxylic acids is 2. The van der Waals surface area contributed by atoms with Crippen molar-refractivity contribution in [2.75, 3.05) is 0 Å². The highest BCUT2D eigenvalue weighted by Gasteiger charge is 2.37. The zero-order valence-corrected chi connectivity index (χ0v) is 17.6. The molecule has 0 atom stereocenters. The topological polar surface area (TPSA) is 58.9 Å². The number of rotatable bonds is 4. The largest absolute Gasteiger partial charge is 0.240 e. The fraction of sp³-hybridized carbons (Fsp3) is 0.300. The minimum absolute atomic E-state index is 0.194. The summed E-state index contributed by atoms with van der Waals surface area (Å²) in [6.45, 7) is 0. The van der Waals surface area contributed by atoms with Crippen molar-refractivity contribution < 1.29 is 9.59 Å². The van der Waals surface area contributed by atoms with Crippen molar-refractivity contribution in [3.63, 3.8) is 0 Å². The summed E-state index contributed by atoms with van der Waals surface area (Å²) in [6.07, 6.45) is 7.76. The van der Waals surface area contributed by atoms with Crippen LogP contribution < -0.4 is 0 Å². The Kier molecular flexibility index (Phi) is 6.62. The van der Waals surface area contributed by atoms with Crippen LogP contribution in [-0.2, 0) is 15.0 Å². The molecule has 4 nitrogen and oxygen atoms in total. The van der Waals surface area contributed by atoms with Gasteiger partial charge in [0.25, 0.3) is 0 Å². The van der Waals surface area contributed by atoms with E-state index in [1.165, 1.54) is 12.2 Å². The van der Waals surface area contributed by atoms with Crippen molar-refractivity contribution in [3.05, 3.63) is 55.5 Å². The van der Waals surface area contributed by atoms with Crippen molar-refractivity contribution >= 4 is 69.9 Å². The second-order valence-corrected chi connectivity index (χ2v) is 8.25. The van der Waals surface area contributed by atoms with E-state index in [1.807, 2.05) is 0 Å². The van der Waals surface area contributed by atoms with Gasteiger partial charge in [0.15, 0.2) is 0 Å². The van der Waals surface area contributed by atoms with Crippen molar-refractivity contribution in [3.8, 4) is 0 Å². The molecule has 0 heterocycles. The molecule has 0 amide bonds. The molecule has 0 spiro atoms. The van der Waals surface area contributed by atoms with E-state index < -0.39 is 5.41 Å². The molecule has 0 radical (unpaired) electrons. The van der Waals surface area contributed by atoms with Gasteiger partial charge in [0.2, 0.25) is 12.2 Å². The van der Waals surface area contributed by atoms with Crippen molar-refractivity contribution in [2.24, 2.45) is 9.98 Å². The minimum atomic E-state index is -0.411. The van der Waals surface area contributed by atoms with Gasteiger partial charge in [0.05, 0.1) is 20.1 Å². The molecule has 0 bridgehead atoms. The quantitative estimate of drug-likeness (QED) is 0.354. The number of hydrogen-bond donors (Lipinski definition) is 0. The van der Waals surface area contributed by atoms with E-state index in [2.05, 4.69) is 9.98 Å². The first-order chi connectivity index (χ1) is 13.4. The maximum atomic E-state index is 10.6. The Hall–Kier alpha value is -1.64. The average molecular weight is 456 g/mol. The van der Waals surface area contributed by atoms with Gasteiger partial charge in [-0.05, 0) is 48.2 Å². The van der Waals surface area contributed by atoms with Crippen LogP contribution in [0.2, 0.25) is 20.1 Å².